The SMILES string of the molecule is O=Cc1cccn1C(=O)c1ccc(S(=O)(=O)N2CCOCC2)cc1. The first-order valence-corrected chi connectivity index (χ1v) is 8.83. The Morgan fingerprint density at radius 3 is 2.38 bits per heavy atom. The van der Waals surface area contributed by atoms with E-state index in [1.54, 1.807) is 6.07 Å². The lowest BCUT2D eigenvalue weighted by molar-refractivity contribution is 0.0730. The molecule has 0 amide bonds. The van der Waals surface area contributed by atoms with Gasteiger partial charge < -0.3 is 4.74 Å². The lowest BCUT2D eigenvalue weighted by atomic mass is 10.2. The summed E-state index contributed by atoms with van der Waals surface area (Å²) in [4.78, 5) is 23.4. The number of benzene rings is 1. The van der Waals surface area contributed by atoms with Gasteiger partial charge in [0.25, 0.3) is 5.91 Å². The summed E-state index contributed by atoms with van der Waals surface area (Å²) < 4.78 is 32.8. The number of aromatic nitrogens is 1. The molecule has 0 radical (unpaired) electrons. The van der Waals surface area contributed by atoms with Crippen LogP contribution in [0.3, 0.4) is 0 Å². The van der Waals surface area contributed by atoms with Gasteiger partial charge in [-0.25, -0.2) is 8.42 Å². The minimum Gasteiger partial charge on any atom is -0.379 e. The van der Waals surface area contributed by atoms with Gasteiger partial charge in [0.2, 0.25) is 10.0 Å². The summed E-state index contributed by atoms with van der Waals surface area (Å²) in [6.45, 7) is 1.37. The second kappa shape index (κ2) is 6.68. The first kappa shape index (κ1) is 16.6. The predicted octanol–water partition coefficient (Wildman–Crippen LogP) is 1.01. The highest BCUT2D eigenvalue weighted by Crippen LogP contribution is 2.18. The maximum Gasteiger partial charge on any atom is 0.262 e. The van der Waals surface area contributed by atoms with Gasteiger partial charge in [0.05, 0.1) is 23.8 Å². The standard InChI is InChI=1S/C16H16N2O5S/c19-12-14-2-1-7-18(14)16(20)13-3-5-15(6-4-13)24(21,22)17-8-10-23-11-9-17/h1-7,12H,8-11H2. The molecule has 1 saturated heterocycles. The van der Waals surface area contributed by atoms with Crippen LogP contribution in [-0.4, -0.2) is 55.8 Å². The van der Waals surface area contributed by atoms with Crippen molar-refractivity contribution >= 4 is 22.2 Å². The van der Waals surface area contributed by atoms with E-state index < -0.39 is 15.9 Å². The second-order valence-electron chi connectivity index (χ2n) is 5.27. The normalized spacial score (nSPS) is 16.0. The number of morpholine rings is 1. The molecule has 0 aliphatic carbocycles. The lowest BCUT2D eigenvalue weighted by Gasteiger charge is -2.26. The van der Waals surface area contributed by atoms with Crippen molar-refractivity contribution in [1.29, 1.82) is 0 Å². The lowest BCUT2D eigenvalue weighted by Crippen LogP contribution is -2.40. The van der Waals surface area contributed by atoms with Crippen LogP contribution in [0.15, 0.2) is 47.5 Å². The van der Waals surface area contributed by atoms with Crippen LogP contribution in [0.2, 0.25) is 0 Å². The number of ether oxygens (including phenoxy) is 1. The predicted molar refractivity (Wildman–Crippen MR) is 85.6 cm³/mol. The second-order valence-corrected chi connectivity index (χ2v) is 7.20. The molecule has 0 saturated carbocycles. The van der Waals surface area contributed by atoms with Gasteiger partial charge in [0, 0.05) is 24.8 Å². The molecule has 0 bridgehead atoms. The van der Waals surface area contributed by atoms with Crippen LogP contribution in [0, 0.1) is 0 Å². The van der Waals surface area contributed by atoms with Crippen LogP contribution in [0.5, 0.6) is 0 Å². The monoisotopic (exact) mass is 348 g/mol. The Kier molecular flexibility index (Phi) is 4.61. The van der Waals surface area contributed by atoms with Crippen LogP contribution in [0.25, 0.3) is 0 Å². The van der Waals surface area contributed by atoms with Crippen molar-refractivity contribution in [2.45, 2.75) is 4.90 Å². The van der Waals surface area contributed by atoms with Crippen LogP contribution in [-0.2, 0) is 14.8 Å². The number of rotatable bonds is 4. The first-order chi connectivity index (χ1) is 11.5. The van der Waals surface area contributed by atoms with Gasteiger partial charge in [-0.3, -0.25) is 14.2 Å². The third kappa shape index (κ3) is 3.03. The van der Waals surface area contributed by atoms with Crippen molar-refractivity contribution < 1.29 is 22.7 Å². The van der Waals surface area contributed by atoms with Gasteiger partial charge in [-0.15, -0.1) is 0 Å². The van der Waals surface area contributed by atoms with Crippen molar-refractivity contribution in [3.63, 3.8) is 0 Å². The molecule has 126 valence electrons. The molecule has 2 heterocycles. The van der Waals surface area contributed by atoms with E-state index >= 15 is 0 Å². The molecule has 0 N–H and O–H groups in total. The maximum absolute atomic E-state index is 12.5. The van der Waals surface area contributed by atoms with E-state index in [9.17, 15) is 18.0 Å². The fourth-order valence-electron chi connectivity index (χ4n) is 2.52. The number of hydrogen-bond donors (Lipinski definition) is 0. The summed E-state index contributed by atoms with van der Waals surface area (Å²) in [7, 11) is -3.59. The topological polar surface area (TPSA) is 85.7 Å². The highest BCUT2D eigenvalue weighted by atomic mass is 32.2. The summed E-state index contributed by atoms with van der Waals surface area (Å²) in [6, 6.07) is 8.83. The van der Waals surface area contributed by atoms with Gasteiger partial charge in [-0.1, -0.05) is 0 Å². The molecule has 0 atom stereocenters. The van der Waals surface area contributed by atoms with E-state index in [1.807, 2.05) is 0 Å². The Balaban J connectivity index is 1.85. The van der Waals surface area contributed by atoms with Crippen molar-refractivity contribution in [2.24, 2.45) is 0 Å². The Hall–Kier alpha value is -2.29. The summed E-state index contributed by atoms with van der Waals surface area (Å²) in [5.41, 5.74) is 0.542. The zero-order chi connectivity index (χ0) is 17.2. The van der Waals surface area contributed by atoms with E-state index in [-0.39, 0.29) is 10.6 Å². The first-order valence-electron chi connectivity index (χ1n) is 7.39. The average Bonchev–Trinajstić information content (AvgIpc) is 3.10. The molecule has 0 spiro atoms. The molecule has 7 nitrogen and oxygen atoms in total. The molecule has 3 rings (SSSR count). The molecule has 8 heteroatoms. The van der Waals surface area contributed by atoms with Gasteiger partial charge in [-0.05, 0) is 36.4 Å². The molecule has 1 fully saturated rings. The highest BCUT2D eigenvalue weighted by Gasteiger charge is 2.26. The quantitative estimate of drug-likeness (QED) is 0.770. The highest BCUT2D eigenvalue weighted by molar-refractivity contribution is 7.89. The van der Waals surface area contributed by atoms with Crippen LogP contribution in [0.4, 0.5) is 0 Å². The zero-order valence-corrected chi connectivity index (χ0v) is 13.6. The number of carbonyl (C=O) groups is 2. The van der Waals surface area contributed by atoms with Gasteiger partial charge in [-0.2, -0.15) is 4.31 Å². The smallest absolute Gasteiger partial charge is 0.262 e. The molecule has 2 aromatic rings. The van der Waals surface area contributed by atoms with E-state index in [2.05, 4.69) is 0 Å². The van der Waals surface area contributed by atoms with E-state index in [4.69, 9.17) is 4.74 Å². The molecular weight excluding hydrogens is 332 g/mol. The minimum absolute atomic E-state index is 0.129. The summed E-state index contributed by atoms with van der Waals surface area (Å²) in [5.74, 6) is -0.391. The molecular formula is C16H16N2O5S. The van der Waals surface area contributed by atoms with Crippen molar-refractivity contribution in [2.75, 3.05) is 26.3 Å². The number of aldehydes is 1. The molecule has 0 unspecified atom stereocenters. The summed E-state index contributed by atoms with van der Waals surface area (Å²) >= 11 is 0. The number of nitrogens with zero attached hydrogens (tertiary/aromatic N) is 2. The fourth-order valence-corrected chi connectivity index (χ4v) is 3.93. The zero-order valence-electron chi connectivity index (χ0n) is 12.8. The molecule has 1 aromatic heterocycles. The van der Waals surface area contributed by atoms with Crippen LogP contribution in [0.1, 0.15) is 20.8 Å². The summed E-state index contributed by atoms with van der Waals surface area (Å²) in [5, 5.41) is 0. The average molecular weight is 348 g/mol. The largest absolute Gasteiger partial charge is 0.379 e. The Bertz CT molecular complexity index is 849. The van der Waals surface area contributed by atoms with Crippen molar-refractivity contribution in [3.05, 3.63) is 53.9 Å². The Labute approximate surface area is 139 Å². The van der Waals surface area contributed by atoms with Crippen molar-refractivity contribution in [3.8, 4) is 0 Å². The number of sulfonamides is 1. The van der Waals surface area contributed by atoms with Crippen LogP contribution >= 0.6 is 0 Å². The summed E-state index contributed by atoms with van der Waals surface area (Å²) in [6.07, 6.45) is 2.08. The number of carbonyl (C=O) groups excluding carboxylic acids is 2. The fraction of sp³-hybridized carbons (Fsp3) is 0.250. The van der Waals surface area contributed by atoms with Gasteiger partial charge in [0.15, 0.2) is 6.29 Å². The molecule has 24 heavy (non-hydrogen) atoms. The molecule has 1 aromatic carbocycles. The van der Waals surface area contributed by atoms with Gasteiger partial charge >= 0.3 is 0 Å². The minimum atomic E-state index is -3.59. The molecule has 1 aliphatic rings. The Morgan fingerprint density at radius 2 is 1.75 bits per heavy atom. The third-order valence-electron chi connectivity index (χ3n) is 3.83. The third-order valence-corrected chi connectivity index (χ3v) is 5.74. The van der Waals surface area contributed by atoms with E-state index in [0.717, 1.165) is 0 Å². The maximum atomic E-state index is 12.5. The van der Waals surface area contributed by atoms with E-state index in [1.165, 1.54) is 45.4 Å². The Morgan fingerprint density at radius 1 is 1.08 bits per heavy atom. The molecule has 1 aliphatic heterocycles. The van der Waals surface area contributed by atoms with Crippen molar-refractivity contribution in [1.82, 2.24) is 8.87 Å². The van der Waals surface area contributed by atoms with Crippen LogP contribution < -0.4 is 0 Å². The van der Waals surface area contributed by atoms with Gasteiger partial charge in [0.1, 0.15) is 0 Å². The number of hydrogen-bond acceptors (Lipinski definition) is 5. The van der Waals surface area contributed by atoms with E-state index in [0.29, 0.717) is 38.2 Å².